The van der Waals surface area contributed by atoms with Crippen molar-refractivity contribution in [2.24, 2.45) is 5.73 Å². The van der Waals surface area contributed by atoms with Crippen LogP contribution in [0.25, 0.3) is 11.1 Å². The predicted octanol–water partition coefficient (Wildman–Crippen LogP) is 4.05. The van der Waals surface area contributed by atoms with Crippen LogP contribution in [-0.4, -0.2) is 11.8 Å². The molecule has 20 heavy (non-hydrogen) atoms. The van der Waals surface area contributed by atoms with Crippen molar-refractivity contribution in [2.45, 2.75) is 32.2 Å². The summed E-state index contributed by atoms with van der Waals surface area (Å²) in [6, 6.07) is 17.5. The molecule has 1 unspecified atom stereocenters. The van der Waals surface area contributed by atoms with E-state index in [-0.39, 0.29) is 11.8 Å². The summed E-state index contributed by atoms with van der Waals surface area (Å²) in [6.45, 7) is 2.10. The van der Waals surface area contributed by atoms with Crippen LogP contribution < -0.4 is 5.73 Å². The van der Waals surface area contributed by atoms with Gasteiger partial charge in [0.15, 0.2) is 5.78 Å². The second kappa shape index (κ2) is 7.01. The van der Waals surface area contributed by atoms with Gasteiger partial charge in [0.2, 0.25) is 0 Å². The van der Waals surface area contributed by atoms with Crippen LogP contribution in [0.3, 0.4) is 0 Å². The Hall–Kier alpha value is -1.93. The van der Waals surface area contributed by atoms with E-state index in [1.165, 1.54) is 0 Å². The number of hydrogen-bond donors (Lipinski definition) is 1. The van der Waals surface area contributed by atoms with Gasteiger partial charge in [0.25, 0.3) is 0 Å². The number of hydrogen-bond acceptors (Lipinski definition) is 2. The SMILES string of the molecule is CCCCC(N)C(=O)c1ccc(-c2ccccc2)cc1. The van der Waals surface area contributed by atoms with Crippen LogP contribution in [0.15, 0.2) is 54.6 Å². The third kappa shape index (κ3) is 3.55. The van der Waals surface area contributed by atoms with E-state index in [1.54, 1.807) is 0 Å². The van der Waals surface area contributed by atoms with Gasteiger partial charge in [0, 0.05) is 5.56 Å². The highest BCUT2D eigenvalue weighted by molar-refractivity contribution is 6.00. The molecule has 0 saturated heterocycles. The molecule has 0 aromatic heterocycles. The average Bonchev–Trinajstić information content (AvgIpc) is 2.53. The highest BCUT2D eigenvalue weighted by Crippen LogP contribution is 2.20. The summed E-state index contributed by atoms with van der Waals surface area (Å²) < 4.78 is 0. The van der Waals surface area contributed by atoms with Crippen molar-refractivity contribution < 1.29 is 4.79 Å². The fourth-order valence-electron chi connectivity index (χ4n) is 2.23. The Kier molecular flexibility index (Phi) is 5.08. The summed E-state index contributed by atoms with van der Waals surface area (Å²) >= 11 is 0. The van der Waals surface area contributed by atoms with Gasteiger partial charge in [-0.25, -0.2) is 0 Å². The molecule has 0 bridgehead atoms. The number of unbranched alkanes of at least 4 members (excludes halogenated alkanes) is 1. The van der Waals surface area contributed by atoms with Gasteiger partial charge in [-0.1, -0.05) is 74.4 Å². The van der Waals surface area contributed by atoms with E-state index >= 15 is 0 Å². The first-order valence-electron chi connectivity index (χ1n) is 7.17. The summed E-state index contributed by atoms with van der Waals surface area (Å²) in [5.41, 5.74) is 8.91. The lowest BCUT2D eigenvalue weighted by Gasteiger charge is -2.10. The lowest BCUT2D eigenvalue weighted by Crippen LogP contribution is -2.30. The fourth-order valence-corrected chi connectivity index (χ4v) is 2.23. The van der Waals surface area contributed by atoms with Crippen molar-refractivity contribution in [1.29, 1.82) is 0 Å². The first-order valence-corrected chi connectivity index (χ1v) is 7.17. The number of benzene rings is 2. The lowest BCUT2D eigenvalue weighted by atomic mass is 9.98. The summed E-state index contributed by atoms with van der Waals surface area (Å²) in [6.07, 6.45) is 2.82. The van der Waals surface area contributed by atoms with Gasteiger partial charge in [0.1, 0.15) is 0 Å². The van der Waals surface area contributed by atoms with Crippen LogP contribution in [0.5, 0.6) is 0 Å². The highest BCUT2D eigenvalue weighted by atomic mass is 16.1. The Labute approximate surface area is 120 Å². The Morgan fingerprint density at radius 2 is 1.60 bits per heavy atom. The molecule has 2 rings (SSSR count). The van der Waals surface area contributed by atoms with E-state index in [0.717, 1.165) is 30.4 Å². The highest BCUT2D eigenvalue weighted by Gasteiger charge is 2.14. The molecule has 0 heterocycles. The molecule has 0 amide bonds. The molecule has 1 atom stereocenters. The van der Waals surface area contributed by atoms with Gasteiger partial charge >= 0.3 is 0 Å². The Balaban J connectivity index is 2.10. The quantitative estimate of drug-likeness (QED) is 0.802. The number of carbonyl (C=O) groups excluding carboxylic acids is 1. The molecule has 2 nitrogen and oxygen atoms in total. The molecule has 104 valence electrons. The molecule has 0 aliphatic rings. The topological polar surface area (TPSA) is 43.1 Å². The minimum absolute atomic E-state index is 0.0399. The van der Waals surface area contributed by atoms with Crippen LogP contribution >= 0.6 is 0 Å². The second-order valence-electron chi connectivity index (χ2n) is 5.06. The van der Waals surface area contributed by atoms with Crippen molar-refractivity contribution in [3.8, 4) is 11.1 Å². The molecule has 0 aliphatic heterocycles. The zero-order valence-electron chi connectivity index (χ0n) is 11.9. The Morgan fingerprint density at radius 1 is 1.00 bits per heavy atom. The summed E-state index contributed by atoms with van der Waals surface area (Å²) in [5.74, 6) is 0.0399. The number of nitrogens with two attached hydrogens (primary N) is 1. The van der Waals surface area contributed by atoms with Crippen LogP contribution in [-0.2, 0) is 0 Å². The van der Waals surface area contributed by atoms with Crippen molar-refractivity contribution in [3.63, 3.8) is 0 Å². The molecule has 0 saturated carbocycles. The molecule has 2 heteroatoms. The Bertz CT molecular complexity index is 545. The summed E-state index contributed by atoms with van der Waals surface area (Å²) in [4.78, 5) is 12.2. The van der Waals surface area contributed by atoms with E-state index in [9.17, 15) is 4.79 Å². The minimum atomic E-state index is -0.377. The van der Waals surface area contributed by atoms with Crippen LogP contribution in [0.4, 0.5) is 0 Å². The third-order valence-electron chi connectivity index (χ3n) is 3.48. The fraction of sp³-hybridized carbons (Fsp3) is 0.278. The van der Waals surface area contributed by atoms with Crippen molar-refractivity contribution in [3.05, 3.63) is 60.2 Å². The van der Waals surface area contributed by atoms with E-state index in [0.29, 0.717) is 5.56 Å². The van der Waals surface area contributed by atoms with E-state index in [2.05, 4.69) is 19.1 Å². The second-order valence-corrected chi connectivity index (χ2v) is 5.06. The van der Waals surface area contributed by atoms with Crippen LogP contribution in [0.1, 0.15) is 36.5 Å². The number of Topliss-reactive ketones (excluding diaryl/α,β-unsaturated/α-hetero) is 1. The summed E-state index contributed by atoms with van der Waals surface area (Å²) in [7, 11) is 0. The maximum Gasteiger partial charge on any atom is 0.179 e. The van der Waals surface area contributed by atoms with Crippen molar-refractivity contribution in [2.75, 3.05) is 0 Å². The molecular formula is C18H21NO. The predicted molar refractivity (Wildman–Crippen MR) is 83.7 cm³/mol. The van der Waals surface area contributed by atoms with Crippen molar-refractivity contribution in [1.82, 2.24) is 0 Å². The molecule has 2 N–H and O–H groups in total. The monoisotopic (exact) mass is 267 g/mol. The molecule has 0 spiro atoms. The average molecular weight is 267 g/mol. The summed E-state index contributed by atoms with van der Waals surface area (Å²) in [5, 5.41) is 0. The Morgan fingerprint density at radius 3 is 2.20 bits per heavy atom. The lowest BCUT2D eigenvalue weighted by molar-refractivity contribution is 0.0956. The van der Waals surface area contributed by atoms with Gasteiger partial charge in [-0.2, -0.15) is 0 Å². The van der Waals surface area contributed by atoms with Gasteiger partial charge in [-0.05, 0) is 17.5 Å². The van der Waals surface area contributed by atoms with Gasteiger partial charge in [0.05, 0.1) is 6.04 Å². The molecule has 0 fully saturated rings. The van der Waals surface area contributed by atoms with Gasteiger partial charge in [-0.3, -0.25) is 4.79 Å². The third-order valence-corrected chi connectivity index (χ3v) is 3.48. The first-order chi connectivity index (χ1) is 9.72. The van der Waals surface area contributed by atoms with E-state index in [4.69, 9.17) is 5.73 Å². The van der Waals surface area contributed by atoms with E-state index < -0.39 is 0 Å². The maximum atomic E-state index is 12.2. The molecule has 2 aromatic carbocycles. The van der Waals surface area contributed by atoms with Crippen LogP contribution in [0, 0.1) is 0 Å². The van der Waals surface area contributed by atoms with E-state index in [1.807, 2.05) is 42.5 Å². The number of rotatable bonds is 6. The molecule has 0 radical (unpaired) electrons. The number of carbonyl (C=O) groups is 1. The first kappa shape index (κ1) is 14.5. The smallest absolute Gasteiger partial charge is 0.179 e. The minimum Gasteiger partial charge on any atom is -0.321 e. The largest absolute Gasteiger partial charge is 0.321 e. The zero-order valence-corrected chi connectivity index (χ0v) is 11.9. The standard InChI is InChI=1S/C18H21NO/c1-2-3-9-17(19)18(20)16-12-10-15(11-13-16)14-7-5-4-6-8-14/h4-8,10-13,17H,2-3,9,19H2,1H3. The van der Waals surface area contributed by atoms with Gasteiger partial charge in [-0.15, -0.1) is 0 Å². The molecule has 0 aliphatic carbocycles. The van der Waals surface area contributed by atoms with Crippen molar-refractivity contribution >= 4 is 5.78 Å². The molecular weight excluding hydrogens is 246 g/mol. The number of ketones is 1. The normalized spacial score (nSPS) is 12.1. The molecule has 2 aromatic rings. The van der Waals surface area contributed by atoms with Crippen LogP contribution in [0.2, 0.25) is 0 Å². The zero-order chi connectivity index (χ0) is 14.4. The maximum absolute atomic E-state index is 12.2. The van der Waals surface area contributed by atoms with Gasteiger partial charge < -0.3 is 5.73 Å².